The second-order valence-corrected chi connectivity index (χ2v) is 5.46. The Morgan fingerprint density at radius 3 is 2.50 bits per heavy atom. The van der Waals surface area contributed by atoms with Gasteiger partial charge in [-0.1, -0.05) is 17.7 Å². The van der Waals surface area contributed by atoms with Crippen LogP contribution in [0.3, 0.4) is 0 Å². The van der Waals surface area contributed by atoms with Crippen molar-refractivity contribution in [3.63, 3.8) is 0 Å². The highest BCUT2D eigenvalue weighted by Crippen LogP contribution is 2.31. The molecule has 1 aliphatic carbocycles. The van der Waals surface area contributed by atoms with E-state index in [1.54, 1.807) is 7.11 Å². The summed E-state index contributed by atoms with van der Waals surface area (Å²) in [6.07, 6.45) is 4.64. The van der Waals surface area contributed by atoms with Crippen LogP contribution in [-0.4, -0.2) is 12.9 Å². The van der Waals surface area contributed by atoms with Crippen molar-refractivity contribution < 1.29 is 9.53 Å². The fourth-order valence-electron chi connectivity index (χ4n) is 3.00. The number of aryl methyl sites for hydroxylation is 2. The molecule has 0 bridgehead atoms. The molecule has 0 radical (unpaired) electrons. The summed E-state index contributed by atoms with van der Waals surface area (Å²) in [4.78, 5) is 11.3. The first-order valence-corrected chi connectivity index (χ1v) is 6.76. The Kier molecular flexibility index (Phi) is 4.05. The molecule has 0 heterocycles. The fourth-order valence-corrected chi connectivity index (χ4v) is 3.00. The summed E-state index contributed by atoms with van der Waals surface area (Å²) in [6.45, 7) is 4.22. The van der Waals surface area contributed by atoms with E-state index < -0.39 is 0 Å². The summed E-state index contributed by atoms with van der Waals surface area (Å²) in [5.74, 6) is 2.09. The molecule has 0 aliphatic heterocycles. The van der Waals surface area contributed by atoms with Gasteiger partial charge >= 0.3 is 0 Å². The number of methoxy groups -OCH3 is 1. The van der Waals surface area contributed by atoms with Crippen LogP contribution in [0.5, 0.6) is 5.75 Å². The number of benzene rings is 1. The zero-order valence-corrected chi connectivity index (χ0v) is 11.6. The SMILES string of the molecule is COc1c(C)cc(C)cc1CC1CCC(=O)CC1. The van der Waals surface area contributed by atoms with E-state index in [4.69, 9.17) is 4.74 Å². The normalized spacial score (nSPS) is 16.9. The highest BCUT2D eigenvalue weighted by atomic mass is 16.5. The van der Waals surface area contributed by atoms with Crippen LogP contribution >= 0.6 is 0 Å². The Hall–Kier alpha value is -1.31. The van der Waals surface area contributed by atoms with Gasteiger partial charge in [0.15, 0.2) is 0 Å². The molecule has 98 valence electrons. The Morgan fingerprint density at radius 1 is 1.22 bits per heavy atom. The predicted octanol–water partition coefficient (Wildman–Crippen LogP) is 3.61. The van der Waals surface area contributed by atoms with Crippen LogP contribution in [0, 0.1) is 19.8 Å². The summed E-state index contributed by atoms with van der Waals surface area (Å²) in [5, 5.41) is 0. The molecule has 2 rings (SSSR count). The third kappa shape index (κ3) is 2.92. The Bertz CT molecular complexity index is 439. The first-order valence-electron chi connectivity index (χ1n) is 6.76. The van der Waals surface area contributed by atoms with E-state index in [1.165, 1.54) is 16.7 Å². The average Bonchev–Trinajstić information content (AvgIpc) is 2.32. The highest BCUT2D eigenvalue weighted by Gasteiger charge is 2.20. The molecule has 0 N–H and O–H groups in total. The number of hydrogen-bond donors (Lipinski definition) is 0. The van der Waals surface area contributed by atoms with E-state index in [0.717, 1.165) is 37.9 Å². The van der Waals surface area contributed by atoms with Gasteiger partial charge in [-0.2, -0.15) is 0 Å². The molecule has 1 aromatic carbocycles. The van der Waals surface area contributed by atoms with E-state index in [0.29, 0.717) is 11.7 Å². The zero-order chi connectivity index (χ0) is 13.1. The zero-order valence-electron chi connectivity index (χ0n) is 11.6. The Labute approximate surface area is 109 Å². The van der Waals surface area contributed by atoms with Crippen LogP contribution in [0.15, 0.2) is 12.1 Å². The molecule has 0 saturated heterocycles. The number of ether oxygens (including phenoxy) is 1. The van der Waals surface area contributed by atoms with Crippen LogP contribution in [0.25, 0.3) is 0 Å². The van der Waals surface area contributed by atoms with Gasteiger partial charge in [0, 0.05) is 12.8 Å². The van der Waals surface area contributed by atoms with Crippen molar-refractivity contribution in [1.29, 1.82) is 0 Å². The number of Topliss-reactive ketones (excluding diaryl/α,β-unsaturated/α-hetero) is 1. The summed E-state index contributed by atoms with van der Waals surface area (Å²) in [5.41, 5.74) is 3.80. The molecule has 0 aromatic heterocycles. The minimum absolute atomic E-state index is 0.429. The summed E-state index contributed by atoms with van der Waals surface area (Å²) >= 11 is 0. The van der Waals surface area contributed by atoms with Gasteiger partial charge in [-0.05, 0) is 50.2 Å². The van der Waals surface area contributed by atoms with Crippen LogP contribution in [-0.2, 0) is 11.2 Å². The molecule has 2 nitrogen and oxygen atoms in total. The fraction of sp³-hybridized carbons (Fsp3) is 0.562. The highest BCUT2D eigenvalue weighted by molar-refractivity contribution is 5.79. The number of rotatable bonds is 3. The van der Waals surface area contributed by atoms with Crippen molar-refractivity contribution in [1.82, 2.24) is 0 Å². The molecule has 0 amide bonds. The summed E-state index contributed by atoms with van der Waals surface area (Å²) in [6, 6.07) is 4.38. The van der Waals surface area contributed by atoms with E-state index in [2.05, 4.69) is 26.0 Å². The van der Waals surface area contributed by atoms with Crippen LogP contribution in [0.4, 0.5) is 0 Å². The van der Waals surface area contributed by atoms with Crippen LogP contribution in [0.2, 0.25) is 0 Å². The lowest BCUT2D eigenvalue weighted by Crippen LogP contribution is -2.16. The lowest BCUT2D eigenvalue weighted by molar-refractivity contribution is -0.121. The summed E-state index contributed by atoms with van der Waals surface area (Å²) < 4.78 is 5.53. The Balaban J connectivity index is 2.15. The molecular weight excluding hydrogens is 224 g/mol. The molecule has 0 atom stereocenters. The maximum atomic E-state index is 11.3. The first kappa shape index (κ1) is 13.1. The van der Waals surface area contributed by atoms with Gasteiger partial charge in [0.05, 0.1) is 7.11 Å². The molecule has 1 aromatic rings. The number of hydrogen-bond acceptors (Lipinski definition) is 2. The number of carbonyl (C=O) groups excluding carboxylic acids is 1. The molecule has 1 saturated carbocycles. The minimum Gasteiger partial charge on any atom is -0.496 e. The topological polar surface area (TPSA) is 26.3 Å². The average molecular weight is 246 g/mol. The second kappa shape index (κ2) is 5.55. The van der Waals surface area contributed by atoms with Crippen molar-refractivity contribution in [3.8, 4) is 5.75 Å². The van der Waals surface area contributed by atoms with Gasteiger partial charge in [-0.15, -0.1) is 0 Å². The maximum Gasteiger partial charge on any atom is 0.132 e. The van der Waals surface area contributed by atoms with Gasteiger partial charge in [-0.3, -0.25) is 4.79 Å². The monoisotopic (exact) mass is 246 g/mol. The quantitative estimate of drug-likeness (QED) is 0.814. The molecule has 0 spiro atoms. The predicted molar refractivity (Wildman–Crippen MR) is 73.1 cm³/mol. The Morgan fingerprint density at radius 2 is 1.89 bits per heavy atom. The molecule has 0 unspecified atom stereocenters. The first-order chi connectivity index (χ1) is 8.60. The molecule has 18 heavy (non-hydrogen) atoms. The van der Waals surface area contributed by atoms with Crippen molar-refractivity contribution in [2.45, 2.75) is 46.0 Å². The van der Waals surface area contributed by atoms with Crippen molar-refractivity contribution >= 4 is 5.78 Å². The van der Waals surface area contributed by atoms with E-state index in [-0.39, 0.29) is 0 Å². The third-order valence-corrected chi connectivity index (χ3v) is 3.87. The second-order valence-electron chi connectivity index (χ2n) is 5.46. The van der Waals surface area contributed by atoms with E-state index >= 15 is 0 Å². The third-order valence-electron chi connectivity index (χ3n) is 3.87. The summed E-state index contributed by atoms with van der Waals surface area (Å²) in [7, 11) is 1.74. The van der Waals surface area contributed by atoms with Crippen LogP contribution < -0.4 is 4.74 Å². The molecule has 1 fully saturated rings. The molecule has 2 heteroatoms. The van der Waals surface area contributed by atoms with Crippen molar-refractivity contribution in [2.24, 2.45) is 5.92 Å². The molecular formula is C16H22O2. The molecule has 1 aliphatic rings. The van der Waals surface area contributed by atoms with Gasteiger partial charge in [0.1, 0.15) is 11.5 Å². The van der Waals surface area contributed by atoms with Gasteiger partial charge in [0.25, 0.3) is 0 Å². The largest absolute Gasteiger partial charge is 0.496 e. The maximum absolute atomic E-state index is 11.3. The van der Waals surface area contributed by atoms with E-state index in [1.807, 2.05) is 0 Å². The lowest BCUT2D eigenvalue weighted by atomic mass is 9.83. The lowest BCUT2D eigenvalue weighted by Gasteiger charge is -2.22. The minimum atomic E-state index is 0.429. The van der Waals surface area contributed by atoms with Gasteiger partial charge < -0.3 is 4.74 Å². The van der Waals surface area contributed by atoms with E-state index in [9.17, 15) is 4.79 Å². The van der Waals surface area contributed by atoms with Crippen molar-refractivity contribution in [2.75, 3.05) is 7.11 Å². The standard InChI is InChI=1S/C16H22O2/c1-11-8-12(2)16(18-3)14(9-11)10-13-4-6-15(17)7-5-13/h8-9,13H,4-7,10H2,1-3H3. The van der Waals surface area contributed by atoms with Gasteiger partial charge in [0.2, 0.25) is 0 Å². The van der Waals surface area contributed by atoms with Crippen molar-refractivity contribution in [3.05, 3.63) is 28.8 Å². The smallest absolute Gasteiger partial charge is 0.132 e. The van der Waals surface area contributed by atoms with Crippen LogP contribution in [0.1, 0.15) is 42.4 Å². The number of ketones is 1. The number of carbonyl (C=O) groups is 1. The van der Waals surface area contributed by atoms with Gasteiger partial charge in [-0.25, -0.2) is 0 Å².